The number of nitro groups is 1. The summed E-state index contributed by atoms with van der Waals surface area (Å²) in [5.74, 6) is -0.302. The Labute approximate surface area is 174 Å². The highest BCUT2D eigenvalue weighted by molar-refractivity contribution is 8.00. The Kier molecular flexibility index (Phi) is 7.63. The largest absolute Gasteiger partial charge is 0.376 e. The quantitative estimate of drug-likeness (QED) is 0.376. The van der Waals surface area contributed by atoms with E-state index in [4.69, 9.17) is 0 Å². The molecule has 2 N–H and O–H groups in total. The van der Waals surface area contributed by atoms with Crippen molar-refractivity contribution in [2.24, 2.45) is 5.10 Å². The third-order valence-electron chi connectivity index (χ3n) is 4.66. The van der Waals surface area contributed by atoms with Crippen LogP contribution in [-0.4, -0.2) is 28.8 Å². The van der Waals surface area contributed by atoms with Gasteiger partial charge < -0.3 is 5.32 Å². The number of carbonyl (C=O) groups excluding carboxylic acids is 1. The van der Waals surface area contributed by atoms with E-state index in [0.29, 0.717) is 15.7 Å². The van der Waals surface area contributed by atoms with Gasteiger partial charge in [0.2, 0.25) is 0 Å². The van der Waals surface area contributed by atoms with Gasteiger partial charge in [-0.15, -0.1) is 11.8 Å². The molecule has 0 unspecified atom stereocenters. The van der Waals surface area contributed by atoms with Gasteiger partial charge in [-0.25, -0.2) is 5.43 Å². The van der Waals surface area contributed by atoms with Crippen molar-refractivity contribution >= 4 is 35.3 Å². The first-order valence-electron chi connectivity index (χ1n) is 9.68. The van der Waals surface area contributed by atoms with Crippen molar-refractivity contribution < 1.29 is 9.72 Å². The molecule has 0 bridgehead atoms. The third kappa shape index (κ3) is 6.60. The number of nitro benzene ring substituents is 1. The van der Waals surface area contributed by atoms with Gasteiger partial charge in [0.05, 0.1) is 22.6 Å². The summed E-state index contributed by atoms with van der Waals surface area (Å²) < 4.78 is 0. The van der Waals surface area contributed by atoms with E-state index < -0.39 is 0 Å². The van der Waals surface area contributed by atoms with E-state index >= 15 is 0 Å². The van der Waals surface area contributed by atoms with E-state index in [0.717, 1.165) is 18.5 Å². The maximum atomic E-state index is 11.9. The van der Waals surface area contributed by atoms with E-state index in [9.17, 15) is 14.9 Å². The number of nitrogens with zero attached hydrogens (tertiary/aromatic N) is 2. The number of carbonyl (C=O) groups is 1. The third-order valence-corrected chi connectivity index (χ3v) is 6.06. The number of para-hydroxylation sites is 1. The minimum Gasteiger partial charge on any atom is -0.376 e. The normalized spacial score (nSPS) is 14.6. The zero-order chi connectivity index (χ0) is 20.5. The summed E-state index contributed by atoms with van der Waals surface area (Å²) >= 11 is 1.60. The molecule has 1 aliphatic carbocycles. The molecule has 0 radical (unpaired) electrons. The first-order valence-corrected chi connectivity index (χ1v) is 10.6. The van der Waals surface area contributed by atoms with Gasteiger partial charge in [0.1, 0.15) is 0 Å². The van der Waals surface area contributed by atoms with Crippen LogP contribution in [0.5, 0.6) is 0 Å². The van der Waals surface area contributed by atoms with Crippen LogP contribution in [0.3, 0.4) is 0 Å². The summed E-state index contributed by atoms with van der Waals surface area (Å²) in [6.07, 6.45) is 7.26. The van der Waals surface area contributed by atoms with Crippen LogP contribution in [0, 0.1) is 10.1 Å². The van der Waals surface area contributed by atoms with Gasteiger partial charge in [-0.2, -0.15) is 5.10 Å². The Morgan fingerprint density at radius 3 is 2.66 bits per heavy atom. The average Bonchev–Trinajstić information content (AvgIpc) is 2.74. The molecule has 1 saturated carbocycles. The molecule has 0 saturated heterocycles. The number of rotatable bonds is 8. The smallest absolute Gasteiger partial charge is 0.283 e. The lowest BCUT2D eigenvalue weighted by Crippen LogP contribution is -2.25. The van der Waals surface area contributed by atoms with Crippen molar-refractivity contribution in [3.8, 4) is 0 Å². The van der Waals surface area contributed by atoms with Crippen LogP contribution in [-0.2, 0) is 4.79 Å². The van der Waals surface area contributed by atoms with Gasteiger partial charge in [-0.1, -0.05) is 43.5 Å². The van der Waals surface area contributed by atoms with E-state index in [1.54, 1.807) is 23.9 Å². The fraction of sp³-hybridized carbons (Fsp3) is 0.333. The topological polar surface area (TPSA) is 96.6 Å². The summed E-state index contributed by atoms with van der Waals surface area (Å²) in [6.45, 7) is 0.0818. The van der Waals surface area contributed by atoms with E-state index in [2.05, 4.69) is 15.8 Å². The molecule has 2 aromatic rings. The van der Waals surface area contributed by atoms with Crippen LogP contribution in [0.25, 0.3) is 0 Å². The predicted octanol–water partition coefficient (Wildman–Crippen LogP) is 4.58. The van der Waals surface area contributed by atoms with E-state index in [1.165, 1.54) is 31.5 Å². The maximum Gasteiger partial charge on any atom is 0.283 e. The minimum absolute atomic E-state index is 0.0818. The lowest BCUT2D eigenvalue weighted by molar-refractivity contribution is -0.387. The molecular weight excluding hydrogens is 388 g/mol. The summed E-state index contributed by atoms with van der Waals surface area (Å²) in [5.41, 5.74) is 3.92. The minimum atomic E-state index is -0.356. The zero-order valence-corrected chi connectivity index (χ0v) is 16.9. The Morgan fingerprint density at radius 1 is 1.17 bits per heavy atom. The molecule has 3 rings (SSSR count). The van der Waals surface area contributed by atoms with Crippen LogP contribution in [0.15, 0.2) is 58.5 Å². The number of hydrazone groups is 1. The second-order valence-corrected chi connectivity index (χ2v) is 8.22. The zero-order valence-electron chi connectivity index (χ0n) is 16.0. The Hall–Kier alpha value is -2.87. The summed E-state index contributed by atoms with van der Waals surface area (Å²) in [6, 6.07) is 14.4. The Balaban J connectivity index is 1.56. The highest BCUT2D eigenvalue weighted by Gasteiger charge is 2.21. The highest BCUT2D eigenvalue weighted by atomic mass is 32.2. The van der Waals surface area contributed by atoms with Gasteiger partial charge in [0.15, 0.2) is 0 Å². The monoisotopic (exact) mass is 412 g/mol. The predicted molar refractivity (Wildman–Crippen MR) is 116 cm³/mol. The molecule has 0 atom stereocenters. The first kappa shape index (κ1) is 20.9. The van der Waals surface area contributed by atoms with Gasteiger partial charge in [0.25, 0.3) is 11.6 Å². The molecule has 7 nitrogen and oxygen atoms in total. The molecule has 0 aliphatic heterocycles. The SMILES string of the molecule is O=C(CNc1ccccc1)N/N=C\c1ccc(SC2CCCCC2)c([N+](=O)[O-])c1. The van der Waals surface area contributed by atoms with E-state index in [-0.39, 0.29) is 23.1 Å². The van der Waals surface area contributed by atoms with Crippen molar-refractivity contribution in [2.45, 2.75) is 42.2 Å². The molecule has 1 aliphatic rings. The van der Waals surface area contributed by atoms with Crippen molar-refractivity contribution in [2.75, 3.05) is 11.9 Å². The molecule has 2 aromatic carbocycles. The van der Waals surface area contributed by atoms with E-state index in [1.807, 2.05) is 30.3 Å². The van der Waals surface area contributed by atoms with Gasteiger partial charge in [-0.3, -0.25) is 14.9 Å². The number of amides is 1. The van der Waals surface area contributed by atoms with Gasteiger partial charge >= 0.3 is 0 Å². The Bertz CT molecular complexity index is 867. The van der Waals surface area contributed by atoms with Crippen molar-refractivity contribution in [1.82, 2.24) is 5.43 Å². The molecule has 29 heavy (non-hydrogen) atoms. The summed E-state index contributed by atoms with van der Waals surface area (Å²) in [5, 5.41) is 18.8. The number of hydrogen-bond donors (Lipinski definition) is 2. The van der Waals surface area contributed by atoms with Crippen molar-refractivity contribution in [1.29, 1.82) is 0 Å². The van der Waals surface area contributed by atoms with Crippen molar-refractivity contribution in [3.05, 3.63) is 64.2 Å². The Morgan fingerprint density at radius 2 is 1.93 bits per heavy atom. The second kappa shape index (κ2) is 10.6. The van der Waals surface area contributed by atoms with Crippen LogP contribution < -0.4 is 10.7 Å². The molecule has 152 valence electrons. The van der Waals surface area contributed by atoms with Crippen LogP contribution >= 0.6 is 11.8 Å². The highest BCUT2D eigenvalue weighted by Crippen LogP contribution is 2.38. The molecule has 8 heteroatoms. The molecule has 1 amide bonds. The maximum absolute atomic E-state index is 11.9. The van der Waals surface area contributed by atoms with Crippen LogP contribution in [0.4, 0.5) is 11.4 Å². The molecule has 1 fully saturated rings. The second-order valence-electron chi connectivity index (χ2n) is 6.87. The average molecular weight is 413 g/mol. The molecule has 0 spiro atoms. The van der Waals surface area contributed by atoms with Gasteiger partial charge in [0, 0.05) is 22.6 Å². The van der Waals surface area contributed by atoms with Crippen LogP contribution in [0.1, 0.15) is 37.7 Å². The lowest BCUT2D eigenvalue weighted by Gasteiger charge is -2.20. The number of benzene rings is 2. The number of nitrogens with one attached hydrogen (secondary N) is 2. The first-order chi connectivity index (χ1) is 14.1. The van der Waals surface area contributed by atoms with Crippen molar-refractivity contribution in [3.63, 3.8) is 0 Å². The van der Waals surface area contributed by atoms with Gasteiger partial charge in [-0.05, 0) is 31.0 Å². The number of anilines is 1. The summed E-state index contributed by atoms with van der Waals surface area (Å²) in [7, 11) is 0. The molecule has 0 aromatic heterocycles. The summed E-state index contributed by atoms with van der Waals surface area (Å²) in [4.78, 5) is 23.7. The molecular formula is C21H24N4O3S. The molecule has 0 heterocycles. The fourth-order valence-corrected chi connectivity index (χ4v) is 4.51. The number of hydrogen-bond acceptors (Lipinski definition) is 6. The lowest BCUT2D eigenvalue weighted by atomic mass is 10.0. The van der Waals surface area contributed by atoms with Crippen LogP contribution in [0.2, 0.25) is 0 Å². The standard InChI is InChI=1S/C21H24N4O3S/c26-21(15-22-17-7-3-1-4-8-17)24-23-14-16-11-12-20(19(13-16)25(27)28)29-18-9-5-2-6-10-18/h1,3-4,7-8,11-14,18,22H,2,5-6,9-10,15H2,(H,24,26)/b23-14-. The number of thioether (sulfide) groups is 1. The fourth-order valence-electron chi connectivity index (χ4n) is 3.18.